The van der Waals surface area contributed by atoms with E-state index < -0.39 is 11.8 Å². The number of hydrogen-bond donors (Lipinski definition) is 1. The van der Waals surface area contributed by atoms with E-state index in [1.807, 2.05) is 0 Å². The fourth-order valence-corrected chi connectivity index (χ4v) is 3.65. The number of imidazole rings is 1. The molecule has 1 aliphatic heterocycles. The summed E-state index contributed by atoms with van der Waals surface area (Å²) in [5, 5.41) is 3.67. The summed E-state index contributed by atoms with van der Waals surface area (Å²) in [6, 6.07) is 4.81. The molecule has 3 heterocycles. The number of ketones is 1. The van der Waals surface area contributed by atoms with E-state index in [-0.39, 0.29) is 33.7 Å². The SMILES string of the molecule is CCOC(=O)c1nc2c(n1-c1cnc(C(=O)c3cccc(Cl)c3Cl)cn1)CCNC2. The Labute approximate surface area is 182 Å². The number of esters is 1. The second kappa shape index (κ2) is 8.51. The summed E-state index contributed by atoms with van der Waals surface area (Å²) in [5.41, 5.74) is 1.97. The molecule has 0 saturated heterocycles. The Bertz CT molecular complexity index is 1130. The van der Waals surface area contributed by atoms with Gasteiger partial charge in [0.15, 0.2) is 5.82 Å². The molecule has 0 aliphatic carbocycles. The van der Waals surface area contributed by atoms with Gasteiger partial charge in [-0.05, 0) is 19.1 Å². The van der Waals surface area contributed by atoms with Crippen molar-refractivity contribution in [3.05, 3.63) is 69.1 Å². The van der Waals surface area contributed by atoms with Crippen LogP contribution in [-0.2, 0) is 17.7 Å². The summed E-state index contributed by atoms with van der Waals surface area (Å²) in [6.45, 7) is 3.26. The number of nitrogens with one attached hydrogen (secondary N) is 1. The molecule has 0 atom stereocenters. The van der Waals surface area contributed by atoms with Crippen LogP contribution < -0.4 is 5.32 Å². The third-order valence-electron chi connectivity index (χ3n) is 4.64. The molecular weight excluding hydrogens is 429 g/mol. The molecular formula is C20H17Cl2N5O3. The van der Waals surface area contributed by atoms with Crippen molar-refractivity contribution in [1.29, 1.82) is 0 Å². The van der Waals surface area contributed by atoms with Crippen LogP contribution in [0.25, 0.3) is 5.82 Å². The highest BCUT2D eigenvalue weighted by Crippen LogP contribution is 2.27. The normalized spacial score (nSPS) is 13.0. The van der Waals surface area contributed by atoms with Crippen molar-refractivity contribution >= 4 is 35.0 Å². The summed E-state index contributed by atoms with van der Waals surface area (Å²) >= 11 is 12.1. The minimum atomic E-state index is -0.542. The number of benzene rings is 1. The number of halogens is 2. The van der Waals surface area contributed by atoms with E-state index >= 15 is 0 Å². The first-order valence-electron chi connectivity index (χ1n) is 9.30. The van der Waals surface area contributed by atoms with E-state index in [0.29, 0.717) is 18.8 Å². The average Bonchev–Trinajstić information content (AvgIpc) is 3.15. The van der Waals surface area contributed by atoms with Crippen molar-refractivity contribution in [2.24, 2.45) is 0 Å². The highest BCUT2D eigenvalue weighted by molar-refractivity contribution is 6.44. The molecule has 154 valence electrons. The number of carbonyl (C=O) groups is 2. The van der Waals surface area contributed by atoms with Gasteiger partial charge in [0.05, 0.1) is 40.4 Å². The van der Waals surface area contributed by atoms with Gasteiger partial charge in [-0.15, -0.1) is 0 Å². The van der Waals surface area contributed by atoms with Crippen molar-refractivity contribution < 1.29 is 14.3 Å². The molecule has 3 aromatic rings. The molecule has 30 heavy (non-hydrogen) atoms. The highest BCUT2D eigenvalue weighted by atomic mass is 35.5. The molecule has 2 aromatic heterocycles. The summed E-state index contributed by atoms with van der Waals surface area (Å²) in [6.07, 6.45) is 3.44. The van der Waals surface area contributed by atoms with Gasteiger partial charge in [-0.25, -0.2) is 19.7 Å². The molecule has 0 bridgehead atoms. The molecule has 0 spiro atoms. The number of hydrogen-bond acceptors (Lipinski definition) is 7. The lowest BCUT2D eigenvalue weighted by atomic mass is 10.1. The van der Waals surface area contributed by atoms with Gasteiger partial charge in [0.2, 0.25) is 11.6 Å². The van der Waals surface area contributed by atoms with Gasteiger partial charge in [0.1, 0.15) is 5.69 Å². The maximum atomic E-state index is 12.8. The third-order valence-corrected chi connectivity index (χ3v) is 5.46. The average molecular weight is 446 g/mol. The van der Waals surface area contributed by atoms with Crippen molar-refractivity contribution in [2.75, 3.05) is 13.2 Å². The van der Waals surface area contributed by atoms with Gasteiger partial charge in [0, 0.05) is 25.1 Å². The zero-order valence-corrected chi connectivity index (χ0v) is 17.5. The predicted molar refractivity (Wildman–Crippen MR) is 110 cm³/mol. The van der Waals surface area contributed by atoms with E-state index in [2.05, 4.69) is 20.3 Å². The first-order valence-corrected chi connectivity index (χ1v) is 10.1. The fourth-order valence-electron chi connectivity index (χ4n) is 3.26. The van der Waals surface area contributed by atoms with Gasteiger partial charge in [-0.3, -0.25) is 9.36 Å². The van der Waals surface area contributed by atoms with Crippen LogP contribution in [0, 0.1) is 0 Å². The molecule has 0 radical (unpaired) electrons. The fraction of sp³-hybridized carbons (Fsp3) is 0.250. The molecule has 10 heteroatoms. The van der Waals surface area contributed by atoms with Crippen molar-refractivity contribution in [3.8, 4) is 5.82 Å². The third kappa shape index (κ3) is 3.69. The topological polar surface area (TPSA) is 99.0 Å². The van der Waals surface area contributed by atoms with Crippen LogP contribution >= 0.6 is 23.2 Å². The van der Waals surface area contributed by atoms with E-state index in [1.165, 1.54) is 12.4 Å². The maximum Gasteiger partial charge on any atom is 0.374 e. The number of ether oxygens (including phenoxy) is 1. The van der Waals surface area contributed by atoms with Crippen molar-refractivity contribution in [2.45, 2.75) is 19.9 Å². The number of rotatable bonds is 5. The molecule has 0 unspecified atom stereocenters. The summed E-state index contributed by atoms with van der Waals surface area (Å²) in [7, 11) is 0. The predicted octanol–water partition coefficient (Wildman–Crippen LogP) is 3.02. The van der Waals surface area contributed by atoms with Gasteiger partial charge < -0.3 is 10.1 Å². The van der Waals surface area contributed by atoms with E-state index in [9.17, 15) is 9.59 Å². The minimum Gasteiger partial charge on any atom is -0.460 e. The van der Waals surface area contributed by atoms with E-state index in [1.54, 1.807) is 29.7 Å². The Kier molecular flexibility index (Phi) is 5.80. The monoisotopic (exact) mass is 445 g/mol. The molecule has 0 saturated carbocycles. The molecule has 0 fully saturated rings. The maximum absolute atomic E-state index is 12.8. The van der Waals surface area contributed by atoms with Gasteiger partial charge in [-0.2, -0.15) is 0 Å². The Balaban J connectivity index is 1.72. The molecule has 1 aromatic carbocycles. The first-order chi connectivity index (χ1) is 14.5. The number of nitrogens with zero attached hydrogens (tertiary/aromatic N) is 4. The lowest BCUT2D eigenvalue weighted by Crippen LogP contribution is -2.25. The summed E-state index contributed by atoms with van der Waals surface area (Å²) < 4.78 is 6.78. The standard InChI is InChI=1S/C20H17Cl2N5O3/c1-2-30-20(29)19-26-13-8-23-7-6-15(13)27(19)16-10-24-14(9-25-16)18(28)11-4-3-5-12(21)17(11)22/h3-5,9-10,23H,2,6-8H2,1H3. The largest absolute Gasteiger partial charge is 0.460 e. The lowest BCUT2D eigenvalue weighted by molar-refractivity contribution is 0.0509. The van der Waals surface area contributed by atoms with Gasteiger partial charge >= 0.3 is 5.97 Å². The molecule has 0 amide bonds. The molecule has 1 aliphatic rings. The summed E-state index contributed by atoms with van der Waals surface area (Å²) in [4.78, 5) is 38.2. The number of carbonyl (C=O) groups excluding carboxylic acids is 2. The zero-order chi connectivity index (χ0) is 21.3. The first kappa shape index (κ1) is 20.5. The summed E-state index contributed by atoms with van der Waals surface area (Å²) in [5.74, 6) is -0.428. The highest BCUT2D eigenvalue weighted by Gasteiger charge is 2.26. The van der Waals surface area contributed by atoms with E-state index in [4.69, 9.17) is 27.9 Å². The Morgan fingerprint density at radius 3 is 2.80 bits per heavy atom. The lowest BCUT2D eigenvalue weighted by Gasteiger charge is -2.15. The van der Waals surface area contributed by atoms with Crippen molar-refractivity contribution in [1.82, 2.24) is 24.8 Å². The second-order valence-electron chi connectivity index (χ2n) is 6.50. The van der Waals surface area contributed by atoms with Crippen LogP contribution in [0.2, 0.25) is 10.0 Å². The van der Waals surface area contributed by atoms with Crippen LogP contribution in [0.5, 0.6) is 0 Å². The van der Waals surface area contributed by atoms with Crippen molar-refractivity contribution in [3.63, 3.8) is 0 Å². The quantitative estimate of drug-likeness (QED) is 0.475. The van der Waals surface area contributed by atoms with Crippen LogP contribution in [-0.4, -0.2) is 44.4 Å². The van der Waals surface area contributed by atoms with Crippen LogP contribution in [0.3, 0.4) is 0 Å². The smallest absolute Gasteiger partial charge is 0.374 e. The Morgan fingerprint density at radius 1 is 1.23 bits per heavy atom. The molecule has 1 N–H and O–H groups in total. The number of fused-ring (bicyclic) bond motifs is 1. The Hall–Kier alpha value is -2.81. The van der Waals surface area contributed by atoms with Gasteiger partial charge in [-0.1, -0.05) is 29.3 Å². The van der Waals surface area contributed by atoms with E-state index in [0.717, 1.165) is 17.9 Å². The second-order valence-corrected chi connectivity index (χ2v) is 7.29. The van der Waals surface area contributed by atoms with Crippen LogP contribution in [0.1, 0.15) is 45.0 Å². The van der Waals surface area contributed by atoms with Gasteiger partial charge in [0.25, 0.3) is 0 Å². The van der Waals surface area contributed by atoms with Crippen LogP contribution in [0.15, 0.2) is 30.6 Å². The molecule has 8 nitrogen and oxygen atoms in total. The number of aromatic nitrogens is 4. The Morgan fingerprint density at radius 2 is 2.07 bits per heavy atom. The molecule has 4 rings (SSSR count). The van der Waals surface area contributed by atoms with Crippen LogP contribution in [0.4, 0.5) is 0 Å². The minimum absolute atomic E-state index is 0.108. The zero-order valence-electron chi connectivity index (χ0n) is 16.0.